The van der Waals surface area contributed by atoms with Crippen molar-refractivity contribution >= 4 is 0 Å². The second kappa shape index (κ2) is 7.11. The Labute approximate surface area is 169 Å². The minimum Gasteiger partial charge on any atom is -0.370 e. The van der Waals surface area contributed by atoms with E-state index >= 15 is 0 Å². The number of halogens is 2. The first kappa shape index (κ1) is 19.1. The van der Waals surface area contributed by atoms with Crippen molar-refractivity contribution in [3.8, 4) is 11.6 Å². The summed E-state index contributed by atoms with van der Waals surface area (Å²) in [5, 5.41) is 3.70. The fourth-order valence-corrected chi connectivity index (χ4v) is 4.30. The van der Waals surface area contributed by atoms with Gasteiger partial charge in [-0.25, -0.2) is 18.6 Å². The molecule has 9 nitrogen and oxygen atoms in total. The van der Waals surface area contributed by atoms with Crippen LogP contribution >= 0.6 is 0 Å². The van der Waals surface area contributed by atoms with Gasteiger partial charge in [0.2, 0.25) is 5.82 Å². The van der Waals surface area contributed by atoms with E-state index < -0.39 is 29.5 Å². The van der Waals surface area contributed by atoms with Crippen molar-refractivity contribution in [3.63, 3.8) is 0 Å². The molecule has 0 aliphatic carbocycles. The number of nitrogens with two attached hydrogens (primary N) is 1. The Morgan fingerprint density at radius 2 is 2.13 bits per heavy atom. The van der Waals surface area contributed by atoms with Crippen LogP contribution in [0.5, 0.6) is 0 Å². The standard InChI is InChI=1S/C19H20F2N6O3/c1-26-15-7-27(6-14(15)23-18(26)17-24-19(28)30-25-17)10-5-13(22)16(29-8-10)11-4-9(20)2-3-12(11)21/h2-4,10,13,16H,5-8,22H2,1H3,(H,24,25,28)/t10-,13+,16-/m1/s1. The largest absolute Gasteiger partial charge is 0.439 e. The topological polar surface area (TPSA) is 115 Å². The molecule has 2 aliphatic rings. The summed E-state index contributed by atoms with van der Waals surface area (Å²) < 4.78 is 40.0. The van der Waals surface area contributed by atoms with Crippen molar-refractivity contribution in [1.29, 1.82) is 0 Å². The average Bonchev–Trinajstić information content (AvgIpc) is 3.40. The number of ether oxygens (including phenoxy) is 1. The Balaban J connectivity index is 1.30. The van der Waals surface area contributed by atoms with Crippen molar-refractivity contribution in [2.24, 2.45) is 12.8 Å². The quantitative estimate of drug-likeness (QED) is 0.657. The molecule has 0 spiro atoms. The van der Waals surface area contributed by atoms with Gasteiger partial charge in [-0.1, -0.05) is 5.16 Å². The zero-order chi connectivity index (χ0) is 21.0. The molecule has 4 heterocycles. The minimum absolute atomic E-state index is 0.0253. The van der Waals surface area contributed by atoms with E-state index in [1.54, 1.807) is 0 Å². The summed E-state index contributed by atoms with van der Waals surface area (Å²) in [4.78, 5) is 20.5. The van der Waals surface area contributed by atoms with Gasteiger partial charge in [0.15, 0.2) is 5.82 Å². The van der Waals surface area contributed by atoms with Gasteiger partial charge in [-0.15, -0.1) is 0 Å². The third kappa shape index (κ3) is 3.15. The Morgan fingerprint density at radius 3 is 2.83 bits per heavy atom. The molecular weight excluding hydrogens is 398 g/mol. The zero-order valence-electron chi connectivity index (χ0n) is 16.1. The molecule has 2 aliphatic heterocycles. The summed E-state index contributed by atoms with van der Waals surface area (Å²) in [6, 6.07) is 2.87. The minimum atomic E-state index is -0.685. The van der Waals surface area contributed by atoms with Crippen molar-refractivity contribution < 1.29 is 18.0 Å². The monoisotopic (exact) mass is 418 g/mol. The molecule has 0 radical (unpaired) electrons. The van der Waals surface area contributed by atoms with E-state index in [1.807, 2.05) is 11.6 Å². The summed E-state index contributed by atoms with van der Waals surface area (Å²) in [5.41, 5.74) is 8.32. The Hall–Kier alpha value is -2.89. The number of hydrogen-bond donors (Lipinski definition) is 2. The number of benzene rings is 1. The van der Waals surface area contributed by atoms with Gasteiger partial charge >= 0.3 is 5.76 Å². The third-order valence-electron chi connectivity index (χ3n) is 5.84. The molecule has 1 fully saturated rings. The van der Waals surface area contributed by atoms with Crippen molar-refractivity contribution in [1.82, 2.24) is 24.6 Å². The van der Waals surface area contributed by atoms with Crippen LogP contribution in [0, 0.1) is 11.6 Å². The summed E-state index contributed by atoms with van der Waals surface area (Å²) in [5.74, 6) is -0.858. The number of nitrogens with one attached hydrogen (secondary N) is 1. The van der Waals surface area contributed by atoms with Crippen molar-refractivity contribution in [2.45, 2.75) is 37.7 Å². The lowest BCUT2D eigenvalue weighted by atomic mass is 9.93. The van der Waals surface area contributed by atoms with E-state index in [4.69, 9.17) is 10.5 Å². The van der Waals surface area contributed by atoms with Crippen LogP contribution in [0.25, 0.3) is 11.6 Å². The SMILES string of the molecule is Cn1c(-c2noc(=O)[nH]2)nc2c1CN([C@H]1CO[C@H](c3cc(F)ccc3F)[C@@H](N)C1)C2. The average molecular weight is 418 g/mol. The van der Waals surface area contributed by atoms with Crippen LogP contribution in [0.1, 0.15) is 29.5 Å². The molecule has 1 saturated heterocycles. The van der Waals surface area contributed by atoms with Gasteiger partial charge in [0.05, 0.1) is 18.0 Å². The number of H-pyrrole nitrogens is 1. The molecule has 5 rings (SSSR count). The molecule has 3 atom stereocenters. The van der Waals surface area contributed by atoms with Crippen LogP contribution < -0.4 is 11.5 Å². The highest BCUT2D eigenvalue weighted by Crippen LogP contribution is 2.34. The molecule has 0 amide bonds. The van der Waals surface area contributed by atoms with Gasteiger partial charge in [0, 0.05) is 37.8 Å². The summed E-state index contributed by atoms with van der Waals surface area (Å²) >= 11 is 0. The second-order valence-electron chi connectivity index (χ2n) is 7.71. The van der Waals surface area contributed by atoms with Gasteiger partial charge in [-0.05, 0) is 24.6 Å². The van der Waals surface area contributed by atoms with Gasteiger partial charge in [0.1, 0.15) is 17.7 Å². The smallest absolute Gasteiger partial charge is 0.370 e. The first-order valence-corrected chi connectivity index (χ1v) is 9.57. The predicted molar refractivity (Wildman–Crippen MR) is 100 cm³/mol. The van der Waals surface area contributed by atoms with Crippen LogP contribution in [0.2, 0.25) is 0 Å². The molecule has 158 valence electrons. The Morgan fingerprint density at radius 1 is 1.30 bits per heavy atom. The van der Waals surface area contributed by atoms with Gasteiger partial charge in [-0.3, -0.25) is 14.4 Å². The third-order valence-corrected chi connectivity index (χ3v) is 5.84. The number of rotatable bonds is 3. The van der Waals surface area contributed by atoms with E-state index in [9.17, 15) is 13.6 Å². The molecular formula is C19H20F2N6O3. The highest BCUT2D eigenvalue weighted by atomic mass is 19.1. The van der Waals surface area contributed by atoms with Gasteiger partial charge in [0.25, 0.3) is 0 Å². The predicted octanol–water partition coefficient (Wildman–Crippen LogP) is 1.21. The highest BCUT2D eigenvalue weighted by molar-refractivity contribution is 5.46. The maximum absolute atomic E-state index is 14.1. The molecule has 3 N–H and O–H groups in total. The van der Waals surface area contributed by atoms with Gasteiger partial charge in [-0.2, -0.15) is 0 Å². The number of fused-ring (bicyclic) bond motifs is 1. The Kier molecular flexibility index (Phi) is 4.53. The first-order chi connectivity index (χ1) is 14.4. The zero-order valence-corrected chi connectivity index (χ0v) is 16.1. The van der Waals surface area contributed by atoms with Crippen LogP contribution in [-0.2, 0) is 24.9 Å². The molecule has 30 heavy (non-hydrogen) atoms. The van der Waals surface area contributed by atoms with Crippen molar-refractivity contribution in [3.05, 3.63) is 57.3 Å². The molecule has 3 aromatic rings. The van der Waals surface area contributed by atoms with E-state index in [1.165, 1.54) is 0 Å². The highest BCUT2D eigenvalue weighted by Gasteiger charge is 2.38. The lowest BCUT2D eigenvalue weighted by Crippen LogP contribution is -2.47. The van der Waals surface area contributed by atoms with Gasteiger partial charge < -0.3 is 15.0 Å². The van der Waals surface area contributed by atoms with Crippen LogP contribution in [0.3, 0.4) is 0 Å². The lowest BCUT2D eigenvalue weighted by Gasteiger charge is -2.38. The normalized spacial score (nSPS) is 24.3. The maximum Gasteiger partial charge on any atom is 0.439 e. The van der Waals surface area contributed by atoms with E-state index in [0.29, 0.717) is 31.9 Å². The second-order valence-corrected chi connectivity index (χ2v) is 7.71. The van der Waals surface area contributed by atoms with E-state index in [2.05, 4.69) is 24.5 Å². The Bertz CT molecular complexity index is 1160. The van der Waals surface area contributed by atoms with Crippen LogP contribution in [0.4, 0.5) is 8.78 Å². The molecule has 1 aromatic carbocycles. The number of nitrogens with zero attached hydrogens (tertiary/aromatic N) is 4. The number of hydrogen-bond acceptors (Lipinski definition) is 7. The number of aromatic amines is 1. The first-order valence-electron chi connectivity index (χ1n) is 9.57. The summed E-state index contributed by atoms with van der Waals surface area (Å²) in [7, 11) is 1.85. The van der Waals surface area contributed by atoms with E-state index in [0.717, 1.165) is 29.6 Å². The van der Waals surface area contributed by atoms with Crippen LogP contribution in [0.15, 0.2) is 27.5 Å². The lowest BCUT2D eigenvalue weighted by molar-refractivity contribution is -0.0534. The summed E-state index contributed by atoms with van der Waals surface area (Å²) in [6.07, 6.45) is -0.103. The molecule has 11 heteroatoms. The molecule has 0 saturated carbocycles. The number of imidazole rings is 1. The molecule has 2 aromatic heterocycles. The fraction of sp³-hybridized carbons (Fsp3) is 0.421. The van der Waals surface area contributed by atoms with Crippen LogP contribution in [-0.4, -0.2) is 43.3 Å². The summed E-state index contributed by atoms with van der Waals surface area (Å²) in [6.45, 7) is 1.57. The van der Waals surface area contributed by atoms with E-state index in [-0.39, 0.29) is 17.4 Å². The molecule has 0 unspecified atom stereocenters. The maximum atomic E-state index is 14.1. The number of aromatic nitrogens is 4. The van der Waals surface area contributed by atoms with Crippen molar-refractivity contribution in [2.75, 3.05) is 6.61 Å². The molecule has 0 bridgehead atoms. The fourth-order valence-electron chi connectivity index (χ4n) is 4.30.